The van der Waals surface area contributed by atoms with E-state index in [2.05, 4.69) is 41.6 Å². The summed E-state index contributed by atoms with van der Waals surface area (Å²) in [6, 6.07) is 1.54. The number of carbonyl (C=O) groups excluding carboxylic acids is 1. The van der Waals surface area contributed by atoms with Crippen molar-refractivity contribution in [2.45, 2.75) is 6.92 Å². The first-order chi connectivity index (χ1) is 6.00. The zero-order valence-electron chi connectivity index (χ0n) is 6.54. The molecule has 0 radical (unpaired) electrons. The second-order valence-corrected chi connectivity index (χ2v) is 3.84. The molecule has 0 aromatic carbocycles. The maximum atomic E-state index is 10.6. The van der Waals surface area contributed by atoms with Gasteiger partial charge in [0.25, 0.3) is 5.88 Å². The first-order valence-electron chi connectivity index (χ1n) is 3.24. The third-order valence-corrected chi connectivity index (χ3v) is 2.13. The zero-order valence-corrected chi connectivity index (χ0v) is 9.72. The van der Waals surface area contributed by atoms with Gasteiger partial charge in [0.05, 0.1) is 4.47 Å². The number of hydrogen-bond acceptors (Lipinski definition) is 4. The summed E-state index contributed by atoms with van der Waals surface area (Å²) in [6.07, 6.45) is 0. The molecule has 13 heavy (non-hydrogen) atoms. The van der Waals surface area contributed by atoms with Crippen LogP contribution in [0.1, 0.15) is 6.92 Å². The Labute approximate surface area is 91.2 Å². The van der Waals surface area contributed by atoms with Crippen molar-refractivity contribution in [1.29, 1.82) is 0 Å². The van der Waals surface area contributed by atoms with Crippen molar-refractivity contribution >= 4 is 37.8 Å². The van der Waals surface area contributed by atoms with Gasteiger partial charge in [-0.05, 0) is 37.9 Å². The predicted molar refractivity (Wildman–Crippen MR) is 52.6 cm³/mol. The van der Waals surface area contributed by atoms with Gasteiger partial charge in [0.1, 0.15) is 4.60 Å². The van der Waals surface area contributed by atoms with Crippen molar-refractivity contribution in [2.75, 3.05) is 0 Å². The van der Waals surface area contributed by atoms with Crippen LogP contribution in [0.15, 0.2) is 15.1 Å². The van der Waals surface area contributed by atoms with Gasteiger partial charge in [0.15, 0.2) is 5.75 Å². The van der Waals surface area contributed by atoms with Gasteiger partial charge in [0.2, 0.25) is 0 Å². The molecule has 0 amide bonds. The van der Waals surface area contributed by atoms with Crippen LogP contribution in [0, 0.1) is 0 Å². The molecule has 70 valence electrons. The van der Waals surface area contributed by atoms with Crippen LogP contribution >= 0.6 is 31.9 Å². The Kier molecular flexibility index (Phi) is 3.27. The molecule has 0 fully saturated rings. The van der Waals surface area contributed by atoms with Gasteiger partial charge in [-0.1, -0.05) is 0 Å². The minimum Gasteiger partial charge on any atom is -0.502 e. The molecule has 1 aromatic heterocycles. The minimum atomic E-state index is -0.534. The van der Waals surface area contributed by atoms with Gasteiger partial charge in [-0.3, -0.25) is 4.79 Å². The summed E-state index contributed by atoms with van der Waals surface area (Å²) in [5.74, 6) is -0.847. The van der Waals surface area contributed by atoms with Gasteiger partial charge in [0, 0.05) is 6.92 Å². The molecule has 1 rings (SSSR count). The molecule has 6 heteroatoms. The molecule has 1 heterocycles. The zero-order chi connectivity index (χ0) is 10.0. The largest absolute Gasteiger partial charge is 0.502 e. The molecule has 0 saturated carbocycles. The van der Waals surface area contributed by atoms with Gasteiger partial charge in [-0.25, -0.2) is 4.98 Å². The lowest BCUT2D eigenvalue weighted by atomic mass is 10.4. The molecular formula is C7H5Br2NO3. The Balaban J connectivity index is 3.12. The van der Waals surface area contributed by atoms with Crippen molar-refractivity contribution in [1.82, 2.24) is 4.98 Å². The van der Waals surface area contributed by atoms with Crippen molar-refractivity contribution in [3.63, 3.8) is 0 Å². The van der Waals surface area contributed by atoms with E-state index in [1.165, 1.54) is 6.92 Å². The van der Waals surface area contributed by atoms with Crippen LogP contribution in [-0.4, -0.2) is 16.1 Å². The van der Waals surface area contributed by atoms with E-state index in [0.29, 0.717) is 9.08 Å². The smallest absolute Gasteiger partial charge is 0.309 e. The van der Waals surface area contributed by atoms with Crippen molar-refractivity contribution in [3.8, 4) is 11.6 Å². The highest BCUT2D eigenvalue weighted by Crippen LogP contribution is 2.34. The fourth-order valence-corrected chi connectivity index (χ4v) is 1.75. The molecule has 0 bridgehead atoms. The first kappa shape index (κ1) is 10.5. The summed E-state index contributed by atoms with van der Waals surface area (Å²) < 4.78 is 5.52. The maximum Gasteiger partial charge on any atom is 0.309 e. The third-order valence-electron chi connectivity index (χ3n) is 1.12. The lowest BCUT2D eigenvalue weighted by Gasteiger charge is -2.04. The molecule has 0 unspecified atom stereocenters. The lowest BCUT2D eigenvalue weighted by Crippen LogP contribution is -2.03. The fraction of sp³-hybridized carbons (Fsp3) is 0.143. The minimum absolute atomic E-state index is 0.117. The van der Waals surface area contributed by atoms with Crippen LogP contribution < -0.4 is 4.74 Å². The van der Waals surface area contributed by atoms with Gasteiger partial charge >= 0.3 is 5.97 Å². The Morgan fingerprint density at radius 3 is 2.77 bits per heavy atom. The molecule has 0 aliphatic rings. The van der Waals surface area contributed by atoms with Crippen LogP contribution in [0.25, 0.3) is 0 Å². The molecule has 1 aromatic rings. The normalized spacial score (nSPS) is 9.77. The number of halogens is 2. The van der Waals surface area contributed by atoms with E-state index in [-0.39, 0.29) is 11.6 Å². The number of rotatable bonds is 1. The van der Waals surface area contributed by atoms with E-state index in [9.17, 15) is 9.90 Å². The maximum absolute atomic E-state index is 10.6. The van der Waals surface area contributed by atoms with Crippen molar-refractivity contribution in [2.24, 2.45) is 0 Å². The average Bonchev–Trinajstić information content (AvgIpc) is 1.98. The first-order valence-corrected chi connectivity index (χ1v) is 4.82. The molecule has 0 saturated heterocycles. The molecule has 0 atom stereocenters. The summed E-state index contributed by atoms with van der Waals surface area (Å²) >= 11 is 6.17. The van der Waals surface area contributed by atoms with E-state index in [0.717, 1.165) is 0 Å². The number of aromatic nitrogens is 1. The number of aromatic hydroxyl groups is 1. The van der Waals surface area contributed by atoms with E-state index in [1.54, 1.807) is 6.07 Å². The second-order valence-electron chi connectivity index (χ2n) is 2.17. The SMILES string of the molecule is CC(=O)Oc1nc(Br)cc(Br)c1O. The topological polar surface area (TPSA) is 59.4 Å². The van der Waals surface area contributed by atoms with E-state index >= 15 is 0 Å². The average molecular weight is 311 g/mol. The summed E-state index contributed by atoms with van der Waals surface area (Å²) in [7, 11) is 0. The van der Waals surface area contributed by atoms with E-state index in [1.807, 2.05) is 0 Å². The number of nitrogens with zero attached hydrogens (tertiary/aromatic N) is 1. The molecule has 1 N–H and O–H groups in total. The predicted octanol–water partition coefficient (Wildman–Crippen LogP) is 2.24. The molecule has 0 aliphatic heterocycles. The number of hydrogen-bond donors (Lipinski definition) is 1. The second kappa shape index (κ2) is 4.06. The van der Waals surface area contributed by atoms with E-state index in [4.69, 9.17) is 0 Å². The highest BCUT2D eigenvalue weighted by Gasteiger charge is 2.11. The van der Waals surface area contributed by atoms with Crippen LogP contribution in [0.3, 0.4) is 0 Å². The molecule has 0 spiro atoms. The molecular weight excluding hydrogens is 306 g/mol. The third kappa shape index (κ3) is 2.67. The summed E-state index contributed by atoms with van der Waals surface area (Å²) in [6.45, 7) is 1.23. The fourth-order valence-electron chi connectivity index (χ4n) is 0.665. The number of esters is 1. The summed E-state index contributed by atoms with van der Waals surface area (Å²) in [5, 5.41) is 9.36. The molecule has 4 nitrogen and oxygen atoms in total. The van der Waals surface area contributed by atoms with Gasteiger partial charge < -0.3 is 9.84 Å². The Morgan fingerprint density at radius 1 is 1.62 bits per heavy atom. The van der Waals surface area contributed by atoms with Crippen molar-refractivity contribution in [3.05, 3.63) is 15.1 Å². The Morgan fingerprint density at radius 2 is 2.23 bits per heavy atom. The van der Waals surface area contributed by atoms with Gasteiger partial charge in [-0.15, -0.1) is 0 Å². The lowest BCUT2D eigenvalue weighted by molar-refractivity contribution is -0.132. The molecule has 0 aliphatic carbocycles. The van der Waals surface area contributed by atoms with Crippen LogP contribution in [0.4, 0.5) is 0 Å². The standard InChI is InChI=1S/C7H5Br2NO3/c1-3(11)13-7-6(12)4(8)2-5(9)10-7/h2,12H,1H3. The highest BCUT2D eigenvalue weighted by atomic mass is 79.9. The van der Waals surface area contributed by atoms with Crippen molar-refractivity contribution < 1.29 is 14.6 Å². The Hall–Kier alpha value is -0.620. The highest BCUT2D eigenvalue weighted by molar-refractivity contribution is 9.11. The number of carbonyl (C=O) groups is 1. The van der Waals surface area contributed by atoms with Crippen LogP contribution in [0.2, 0.25) is 0 Å². The van der Waals surface area contributed by atoms with Crippen LogP contribution in [-0.2, 0) is 4.79 Å². The van der Waals surface area contributed by atoms with E-state index < -0.39 is 5.97 Å². The number of pyridine rings is 1. The number of ether oxygens (including phenoxy) is 1. The summed E-state index contributed by atoms with van der Waals surface area (Å²) in [5.41, 5.74) is 0. The van der Waals surface area contributed by atoms with Gasteiger partial charge in [-0.2, -0.15) is 0 Å². The quantitative estimate of drug-likeness (QED) is 0.638. The monoisotopic (exact) mass is 309 g/mol. The summed E-state index contributed by atoms with van der Waals surface area (Å²) in [4.78, 5) is 14.4. The van der Waals surface area contributed by atoms with Crippen LogP contribution in [0.5, 0.6) is 11.6 Å². The Bertz CT molecular complexity index is 354.